The number of hydrogen-bond acceptors (Lipinski definition) is 6. The van der Waals surface area contributed by atoms with Crippen LogP contribution >= 0.6 is 0 Å². The monoisotopic (exact) mass is 464 g/mol. The lowest BCUT2D eigenvalue weighted by Crippen LogP contribution is -2.13. The van der Waals surface area contributed by atoms with E-state index < -0.39 is 0 Å². The minimum absolute atomic E-state index is 0.174. The molecule has 0 aliphatic heterocycles. The normalized spacial score (nSPS) is 13.4. The molecule has 8 nitrogen and oxygen atoms in total. The number of aromatic hydroxyl groups is 1. The van der Waals surface area contributed by atoms with Gasteiger partial charge >= 0.3 is 0 Å². The minimum atomic E-state index is -0.326. The highest BCUT2D eigenvalue weighted by molar-refractivity contribution is 6.07. The largest absolute Gasteiger partial charge is 0.508 e. The quantitative estimate of drug-likeness (QED) is 0.330. The lowest BCUT2D eigenvalue weighted by molar-refractivity contribution is 0.471. The van der Waals surface area contributed by atoms with Gasteiger partial charge in [0.2, 0.25) is 0 Å². The molecule has 1 fully saturated rings. The summed E-state index contributed by atoms with van der Waals surface area (Å²) in [6, 6.07) is 9.49. The Morgan fingerprint density at radius 3 is 2.60 bits per heavy atom. The van der Waals surface area contributed by atoms with Gasteiger partial charge in [-0.3, -0.25) is 14.5 Å². The molecule has 3 heterocycles. The average molecular weight is 465 g/mol. The molecule has 4 N–H and O–H groups in total. The number of fused-ring (bicyclic) bond motifs is 1. The number of hydrogen-bond donors (Lipinski definition) is 3. The van der Waals surface area contributed by atoms with Gasteiger partial charge in [0, 0.05) is 40.8 Å². The van der Waals surface area contributed by atoms with Gasteiger partial charge in [-0.2, -0.15) is 5.10 Å². The maximum Gasteiger partial charge on any atom is 0.261 e. The van der Waals surface area contributed by atoms with Gasteiger partial charge in [-0.15, -0.1) is 0 Å². The summed E-state index contributed by atoms with van der Waals surface area (Å²) in [7, 11) is 0. The molecule has 0 radical (unpaired) electrons. The zero-order valence-electron chi connectivity index (χ0n) is 19.4. The van der Waals surface area contributed by atoms with E-state index in [4.69, 9.17) is 10.7 Å². The van der Waals surface area contributed by atoms with Crippen LogP contribution in [0.5, 0.6) is 5.75 Å². The van der Waals surface area contributed by atoms with Crippen LogP contribution in [0.3, 0.4) is 0 Å². The van der Waals surface area contributed by atoms with Crippen LogP contribution in [0.15, 0.2) is 59.9 Å². The van der Waals surface area contributed by atoms with E-state index in [1.807, 2.05) is 43.1 Å². The van der Waals surface area contributed by atoms with Gasteiger partial charge in [0.25, 0.3) is 5.56 Å². The molecule has 0 amide bonds. The van der Waals surface area contributed by atoms with Crippen molar-refractivity contribution in [3.63, 3.8) is 0 Å². The summed E-state index contributed by atoms with van der Waals surface area (Å²) < 4.78 is 1.97. The highest BCUT2D eigenvalue weighted by Crippen LogP contribution is 2.42. The number of nitrogens with one attached hydrogen (secondary N) is 1. The third-order valence-corrected chi connectivity index (χ3v) is 6.72. The summed E-state index contributed by atoms with van der Waals surface area (Å²) in [5.41, 5.74) is 12.7. The van der Waals surface area contributed by atoms with Gasteiger partial charge in [0.05, 0.1) is 28.8 Å². The molecule has 1 aliphatic carbocycles. The number of nitrogens with two attached hydrogens (primary N) is 1. The molecule has 1 saturated carbocycles. The predicted octanol–water partition coefficient (Wildman–Crippen LogP) is 4.76. The number of phenols is 1. The van der Waals surface area contributed by atoms with Gasteiger partial charge in [0.15, 0.2) is 0 Å². The number of nitrogen functional groups attached to an aromatic ring is 1. The highest BCUT2D eigenvalue weighted by Gasteiger charge is 2.26. The van der Waals surface area contributed by atoms with Gasteiger partial charge < -0.3 is 15.8 Å². The van der Waals surface area contributed by atoms with Gasteiger partial charge in [-0.1, -0.05) is 6.07 Å². The summed E-state index contributed by atoms with van der Waals surface area (Å²) in [6.45, 7) is 3.81. The molecule has 8 heteroatoms. The Morgan fingerprint density at radius 1 is 1.09 bits per heavy atom. The standard InChI is InChI=1S/C27H24N6O2/c1-14-3-6-21(34)15(2)22(14)20-11-19(17-12-30-33(13-17)18-4-5-18)25-23(24(20)28)27(35)32-26(31-25)16-7-9-29-10-8-16/h3,6-13,18,34H,4-5,28H2,1-2H3,(H,31,32,35). The fraction of sp³-hybridized carbons (Fsp3) is 0.185. The highest BCUT2D eigenvalue weighted by atomic mass is 16.3. The Morgan fingerprint density at radius 2 is 1.86 bits per heavy atom. The van der Waals surface area contributed by atoms with Crippen LogP contribution in [-0.2, 0) is 0 Å². The fourth-order valence-corrected chi connectivity index (χ4v) is 4.68. The average Bonchev–Trinajstić information content (AvgIpc) is 3.60. The van der Waals surface area contributed by atoms with Crippen molar-refractivity contribution in [3.05, 3.63) is 76.6 Å². The smallest absolute Gasteiger partial charge is 0.261 e. The molecule has 1 aliphatic rings. The van der Waals surface area contributed by atoms with Crippen LogP contribution in [0.2, 0.25) is 0 Å². The van der Waals surface area contributed by atoms with E-state index in [9.17, 15) is 9.90 Å². The van der Waals surface area contributed by atoms with Crippen LogP contribution in [0.4, 0.5) is 5.69 Å². The molecule has 0 atom stereocenters. The lowest BCUT2D eigenvalue weighted by Gasteiger charge is -2.17. The van der Waals surface area contributed by atoms with Crippen LogP contribution in [0, 0.1) is 13.8 Å². The second-order valence-corrected chi connectivity index (χ2v) is 9.10. The summed E-state index contributed by atoms with van der Waals surface area (Å²) in [6.07, 6.45) is 9.35. The van der Waals surface area contributed by atoms with Crippen molar-refractivity contribution in [2.45, 2.75) is 32.7 Å². The second-order valence-electron chi connectivity index (χ2n) is 9.10. The first-order valence-electron chi connectivity index (χ1n) is 11.5. The SMILES string of the molecule is Cc1ccc(O)c(C)c1-c1cc(-c2cnn(C3CC3)c2)c2nc(-c3ccncc3)[nH]c(=O)c2c1N. The van der Waals surface area contributed by atoms with Crippen LogP contribution in [0.1, 0.15) is 30.0 Å². The van der Waals surface area contributed by atoms with E-state index in [2.05, 4.69) is 15.1 Å². The Balaban J connectivity index is 1.70. The Labute approximate surface area is 201 Å². The second kappa shape index (κ2) is 7.80. The lowest BCUT2D eigenvalue weighted by atomic mass is 9.90. The van der Waals surface area contributed by atoms with E-state index in [-0.39, 0.29) is 11.3 Å². The molecule has 35 heavy (non-hydrogen) atoms. The molecule has 3 aromatic heterocycles. The topological polar surface area (TPSA) is 123 Å². The van der Waals surface area contributed by atoms with E-state index >= 15 is 0 Å². The molecule has 0 saturated heterocycles. The van der Waals surface area contributed by atoms with Gasteiger partial charge in [-0.05, 0) is 67.6 Å². The maximum absolute atomic E-state index is 13.5. The zero-order valence-corrected chi connectivity index (χ0v) is 19.4. The molecular weight excluding hydrogens is 440 g/mol. The van der Waals surface area contributed by atoms with Crippen LogP contribution in [0.25, 0.3) is 44.5 Å². The van der Waals surface area contributed by atoms with E-state index in [1.54, 1.807) is 30.6 Å². The fourth-order valence-electron chi connectivity index (χ4n) is 4.68. The first-order valence-corrected chi connectivity index (χ1v) is 11.5. The van der Waals surface area contributed by atoms with Gasteiger partial charge in [0.1, 0.15) is 11.6 Å². The number of rotatable bonds is 4. The number of H-pyrrole nitrogens is 1. The molecule has 2 aromatic carbocycles. The number of pyridine rings is 1. The summed E-state index contributed by atoms with van der Waals surface area (Å²) in [5, 5.41) is 15.3. The Bertz CT molecular complexity index is 1670. The van der Waals surface area contributed by atoms with Crippen molar-refractivity contribution in [2.24, 2.45) is 0 Å². The van der Waals surface area contributed by atoms with Crippen molar-refractivity contribution in [2.75, 3.05) is 5.73 Å². The van der Waals surface area contributed by atoms with Gasteiger partial charge in [-0.25, -0.2) is 4.98 Å². The van der Waals surface area contributed by atoms with Crippen molar-refractivity contribution in [1.82, 2.24) is 24.7 Å². The molecular formula is C27H24N6O2. The maximum atomic E-state index is 13.5. The number of aromatic amines is 1. The molecule has 0 unspecified atom stereocenters. The molecule has 0 spiro atoms. The number of anilines is 1. The number of phenolic OH excluding ortho intramolecular Hbond substituents is 1. The molecule has 6 rings (SSSR count). The Kier molecular flexibility index (Phi) is 4.70. The van der Waals surface area contributed by atoms with Crippen LogP contribution in [-0.4, -0.2) is 29.8 Å². The molecule has 174 valence electrons. The third kappa shape index (κ3) is 3.45. The summed E-state index contributed by atoms with van der Waals surface area (Å²) >= 11 is 0. The third-order valence-electron chi connectivity index (χ3n) is 6.72. The van der Waals surface area contributed by atoms with E-state index in [0.29, 0.717) is 39.6 Å². The van der Waals surface area contributed by atoms with Crippen LogP contribution < -0.4 is 11.3 Å². The zero-order chi connectivity index (χ0) is 24.3. The van der Waals surface area contributed by atoms with Crippen molar-refractivity contribution in [3.8, 4) is 39.4 Å². The van der Waals surface area contributed by atoms with Crippen molar-refractivity contribution < 1.29 is 5.11 Å². The molecule has 0 bridgehead atoms. The van der Waals surface area contributed by atoms with E-state index in [0.717, 1.165) is 40.7 Å². The first-order chi connectivity index (χ1) is 16.9. The van der Waals surface area contributed by atoms with Crippen molar-refractivity contribution in [1.29, 1.82) is 0 Å². The number of benzene rings is 2. The van der Waals surface area contributed by atoms with E-state index in [1.165, 1.54) is 0 Å². The minimum Gasteiger partial charge on any atom is -0.508 e. The first kappa shape index (κ1) is 21.1. The molecule has 5 aromatic rings. The summed E-state index contributed by atoms with van der Waals surface area (Å²) in [4.78, 5) is 25.3. The number of aromatic nitrogens is 5. The summed E-state index contributed by atoms with van der Waals surface area (Å²) in [5.74, 6) is 0.617. The predicted molar refractivity (Wildman–Crippen MR) is 136 cm³/mol. The number of nitrogens with zero attached hydrogens (tertiary/aromatic N) is 4. The number of aryl methyl sites for hydroxylation is 1. The van der Waals surface area contributed by atoms with Crippen molar-refractivity contribution >= 4 is 16.6 Å². The Hall–Kier alpha value is -4.46.